The smallest absolute Gasteiger partial charge is 0.250 e. The van der Waals surface area contributed by atoms with E-state index in [1.54, 1.807) is 12.1 Å². The van der Waals surface area contributed by atoms with Gasteiger partial charge in [-0.05, 0) is 24.0 Å². The highest BCUT2D eigenvalue weighted by molar-refractivity contribution is 6.34. The van der Waals surface area contributed by atoms with E-state index in [1.165, 1.54) is 19.3 Å². The van der Waals surface area contributed by atoms with Crippen molar-refractivity contribution in [3.63, 3.8) is 0 Å². The third-order valence-corrected chi connectivity index (χ3v) is 3.88. The first-order chi connectivity index (χ1) is 9.76. The fourth-order valence-electron chi connectivity index (χ4n) is 2.27. The van der Waals surface area contributed by atoms with Gasteiger partial charge < -0.3 is 16.8 Å². The summed E-state index contributed by atoms with van der Waals surface area (Å²) >= 11 is 6.18. The summed E-state index contributed by atoms with van der Waals surface area (Å²) in [5, 5.41) is 3.69. The number of carbonyl (C=O) groups excluding carboxylic acids is 1. The van der Waals surface area contributed by atoms with E-state index in [4.69, 9.17) is 23.1 Å². The molecule has 0 aromatic heterocycles. The van der Waals surface area contributed by atoms with Gasteiger partial charge in [-0.2, -0.15) is 0 Å². The van der Waals surface area contributed by atoms with Crippen LogP contribution in [-0.2, 0) is 0 Å². The van der Waals surface area contributed by atoms with Crippen molar-refractivity contribution in [2.24, 2.45) is 11.1 Å². The molecule has 0 spiro atoms. The molecule has 0 saturated carbocycles. The van der Waals surface area contributed by atoms with Gasteiger partial charge in [-0.1, -0.05) is 51.6 Å². The van der Waals surface area contributed by atoms with Gasteiger partial charge in [0.05, 0.1) is 16.3 Å². The highest BCUT2D eigenvalue weighted by Gasteiger charge is 2.20. The summed E-state index contributed by atoms with van der Waals surface area (Å²) in [5.74, 6) is -0.532. The lowest BCUT2D eigenvalue weighted by atomic mass is 9.86. The van der Waals surface area contributed by atoms with Gasteiger partial charge in [0, 0.05) is 12.2 Å². The Morgan fingerprint density at radius 1 is 1.33 bits per heavy atom. The standard InChI is InChI=1S/C16H26ClN3O/c1-4-5-6-7-16(2,3)10-20-14-12(15(19)21)8-11(18)9-13(14)17/h8-9,20H,4-7,10,18H2,1-3H3,(H2,19,21). The summed E-state index contributed by atoms with van der Waals surface area (Å²) in [7, 11) is 0. The van der Waals surface area contributed by atoms with Crippen LogP contribution in [0.15, 0.2) is 12.1 Å². The minimum absolute atomic E-state index is 0.120. The third-order valence-electron chi connectivity index (χ3n) is 3.58. The summed E-state index contributed by atoms with van der Waals surface area (Å²) in [6.45, 7) is 7.31. The van der Waals surface area contributed by atoms with Crippen LogP contribution >= 0.6 is 11.6 Å². The van der Waals surface area contributed by atoms with Crippen molar-refractivity contribution < 1.29 is 4.79 Å². The number of primary amides is 1. The van der Waals surface area contributed by atoms with Crippen LogP contribution in [0.1, 0.15) is 56.8 Å². The van der Waals surface area contributed by atoms with Crippen LogP contribution in [0.4, 0.5) is 11.4 Å². The molecule has 1 rings (SSSR count). The van der Waals surface area contributed by atoms with Crippen molar-refractivity contribution in [3.05, 3.63) is 22.7 Å². The van der Waals surface area contributed by atoms with Crippen molar-refractivity contribution >= 4 is 28.9 Å². The highest BCUT2D eigenvalue weighted by atomic mass is 35.5. The van der Waals surface area contributed by atoms with Crippen molar-refractivity contribution in [2.45, 2.75) is 46.5 Å². The van der Waals surface area contributed by atoms with Crippen molar-refractivity contribution in [2.75, 3.05) is 17.6 Å². The number of amides is 1. The van der Waals surface area contributed by atoms with Crippen LogP contribution in [0.3, 0.4) is 0 Å². The number of benzene rings is 1. The largest absolute Gasteiger partial charge is 0.399 e. The summed E-state index contributed by atoms with van der Waals surface area (Å²) in [5.41, 5.74) is 12.6. The molecule has 0 aliphatic carbocycles. The molecule has 4 nitrogen and oxygen atoms in total. The zero-order valence-electron chi connectivity index (χ0n) is 13.1. The Morgan fingerprint density at radius 2 is 2.00 bits per heavy atom. The first-order valence-electron chi connectivity index (χ1n) is 7.39. The summed E-state index contributed by atoms with van der Waals surface area (Å²) in [6.07, 6.45) is 4.76. The van der Waals surface area contributed by atoms with Crippen molar-refractivity contribution in [3.8, 4) is 0 Å². The zero-order chi connectivity index (χ0) is 16.0. The number of hydrogen-bond acceptors (Lipinski definition) is 3. The highest BCUT2D eigenvalue weighted by Crippen LogP contribution is 2.31. The monoisotopic (exact) mass is 311 g/mol. The average Bonchev–Trinajstić information content (AvgIpc) is 2.36. The number of hydrogen-bond donors (Lipinski definition) is 3. The second kappa shape index (κ2) is 7.55. The molecule has 0 fully saturated rings. The Kier molecular flexibility index (Phi) is 6.34. The Labute approximate surface area is 132 Å². The van der Waals surface area contributed by atoms with E-state index in [9.17, 15) is 4.79 Å². The summed E-state index contributed by atoms with van der Waals surface area (Å²) < 4.78 is 0. The number of nitrogen functional groups attached to an aromatic ring is 1. The SMILES string of the molecule is CCCCCC(C)(C)CNc1c(Cl)cc(N)cc1C(N)=O. The molecule has 5 heteroatoms. The van der Waals surface area contributed by atoms with Crippen LogP contribution in [0.2, 0.25) is 5.02 Å². The molecule has 0 atom stereocenters. The van der Waals surface area contributed by atoms with Crippen LogP contribution in [0.5, 0.6) is 0 Å². The average molecular weight is 312 g/mol. The number of anilines is 2. The maximum absolute atomic E-state index is 11.5. The predicted molar refractivity (Wildman–Crippen MR) is 90.8 cm³/mol. The normalized spacial score (nSPS) is 11.4. The van der Waals surface area contributed by atoms with E-state index in [0.29, 0.717) is 22.0 Å². The number of carbonyl (C=O) groups is 1. The molecule has 0 radical (unpaired) electrons. The quantitative estimate of drug-likeness (QED) is 0.500. The second-order valence-corrected chi connectivity index (χ2v) is 6.67. The summed E-state index contributed by atoms with van der Waals surface area (Å²) in [6, 6.07) is 3.18. The molecule has 0 bridgehead atoms. The van der Waals surface area contributed by atoms with E-state index in [1.807, 2.05) is 0 Å². The van der Waals surface area contributed by atoms with E-state index >= 15 is 0 Å². The molecule has 0 aliphatic heterocycles. The van der Waals surface area contributed by atoms with Gasteiger partial charge >= 0.3 is 0 Å². The molecule has 118 valence electrons. The molecule has 1 amide bonds. The van der Waals surface area contributed by atoms with Crippen LogP contribution in [0.25, 0.3) is 0 Å². The fourth-order valence-corrected chi connectivity index (χ4v) is 2.57. The van der Waals surface area contributed by atoms with E-state index in [0.717, 1.165) is 13.0 Å². The van der Waals surface area contributed by atoms with Gasteiger partial charge in [-0.3, -0.25) is 4.79 Å². The maximum Gasteiger partial charge on any atom is 0.250 e. The Morgan fingerprint density at radius 3 is 2.57 bits per heavy atom. The first kappa shape index (κ1) is 17.6. The molecule has 0 aliphatic rings. The molecule has 1 aromatic rings. The zero-order valence-corrected chi connectivity index (χ0v) is 13.9. The van der Waals surface area contributed by atoms with Crippen molar-refractivity contribution in [1.82, 2.24) is 0 Å². The van der Waals surface area contributed by atoms with Crippen LogP contribution < -0.4 is 16.8 Å². The van der Waals surface area contributed by atoms with Gasteiger partial charge in [0.2, 0.25) is 0 Å². The molecular weight excluding hydrogens is 286 g/mol. The minimum Gasteiger partial charge on any atom is -0.399 e. The Balaban J connectivity index is 2.81. The van der Waals surface area contributed by atoms with Gasteiger partial charge in [0.25, 0.3) is 5.91 Å². The van der Waals surface area contributed by atoms with Crippen molar-refractivity contribution in [1.29, 1.82) is 0 Å². The molecule has 0 saturated heterocycles. The molecule has 21 heavy (non-hydrogen) atoms. The van der Waals surface area contributed by atoms with Gasteiger partial charge in [-0.25, -0.2) is 0 Å². The Hall–Kier alpha value is -1.42. The molecule has 0 heterocycles. The van der Waals surface area contributed by atoms with Crippen LogP contribution in [0, 0.1) is 5.41 Å². The third kappa shape index (κ3) is 5.46. The van der Waals surface area contributed by atoms with E-state index < -0.39 is 5.91 Å². The molecule has 0 unspecified atom stereocenters. The number of nitrogens with two attached hydrogens (primary N) is 2. The number of nitrogens with one attached hydrogen (secondary N) is 1. The first-order valence-corrected chi connectivity index (χ1v) is 7.77. The Bertz CT molecular complexity index is 501. The van der Waals surface area contributed by atoms with Gasteiger partial charge in [-0.15, -0.1) is 0 Å². The molecular formula is C16H26ClN3O. The molecule has 5 N–H and O–H groups in total. The lowest BCUT2D eigenvalue weighted by molar-refractivity contribution is 0.100. The summed E-state index contributed by atoms with van der Waals surface area (Å²) in [4.78, 5) is 11.5. The number of unbranched alkanes of at least 4 members (excludes halogenated alkanes) is 2. The predicted octanol–water partition coefficient (Wildman–Crippen LogP) is 4.04. The van der Waals surface area contributed by atoms with Gasteiger partial charge in [0.1, 0.15) is 0 Å². The lowest BCUT2D eigenvalue weighted by Gasteiger charge is -2.26. The second-order valence-electron chi connectivity index (χ2n) is 6.26. The minimum atomic E-state index is -0.532. The maximum atomic E-state index is 11.5. The van der Waals surface area contributed by atoms with E-state index in [2.05, 4.69) is 26.1 Å². The van der Waals surface area contributed by atoms with E-state index in [-0.39, 0.29) is 5.41 Å². The number of halogens is 1. The molecule has 1 aromatic carbocycles. The van der Waals surface area contributed by atoms with Crippen LogP contribution in [-0.4, -0.2) is 12.5 Å². The topological polar surface area (TPSA) is 81.1 Å². The fraction of sp³-hybridized carbons (Fsp3) is 0.562. The van der Waals surface area contributed by atoms with Gasteiger partial charge in [0.15, 0.2) is 0 Å². The number of rotatable bonds is 8. The lowest BCUT2D eigenvalue weighted by Crippen LogP contribution is -2.25.